The first-order valence-corrected chi connectivity index (χ1v) is 9.05. The molecule has 3 aromatic heterocycles. The molecule has 0 saturated heterocycles. The summed E-state index contributed by atoms with van der Waals surface area (Å²) in [7, 11) is 0. The second kappa shape index (κ2) is 5.88. The van der Waals surface area contributed by atoms with Crippen LogP contribution < -0.4 is 4.48 Å². The number of rotatable bonds is 2. The third-order valence-electron chi connectivity index (χ3n) is 3.76. The molecule has 0 spiro atoms. The van der Waals surface area contributed by atoms with Crippen LogP contribution in [0.2, 0.25) is 0 Å². The topological polar surface area (TPSA) is 38.7 Å². The fourth-order valence-corrected chi connectivity index (χ4v) is 3.64. The van der Waals surface area contributed by atoms with Crippen molar-refractivity contribution in [2.45, 2.75) is 6.92 Å². The van der Waals surface area contributed by atoms with Gasteiger partial charge in [0.1, 0.15) is 0 Å². The van der Waals surface area contributed by atoms with Crippen molar-refractivity contribution in [2.24, 2.45) is 0 Å². The number of fused-ring (bicyclic) bond motifs is 1. The number of benzene rings is 1. The maximum absolute atomic E-state index is 4.82. The molecule has 0 atom stereocenters. The molecule has 4 rings (SSSR count). The first-order chi connectivity index (χ1) is 11.2. The number of thiophene rings is 1. The number of nitrogens with zero attached hydrogens (tertiary/aromatic N) is 3. The molecule has 0 saturated carbocycles. The Labute approximate surface area is 147 Å². The summed E-state index contributed by atoms with van der Waals surface area (Å²) in [5, 5.41) is 5.17. The van der Waals surface area contributed by atoms with E-state index in [1.165, 1.54) is 5.56 Å². The van der Waals surface area contributed by atoms with Crippen molar-refractivity contribution in [3.05, 3.63) is 59.0 Å². The van der Waals surface area contributed by atoms with Gasteiger partial charge in [-0.2, -0.15) is 0 Å². The Bertz CT molecular complexity index is 979. The third-order valence-corrected chi connectivity index (χ3v) is 5.19. The Morgan fingerprint density at radius 1 is 1.00 bits per heavy atom. The zero-order valence-corrected chi connectivity index (χ0v) is 15.1. The number of aromatic nitrogens is 3. The van der Waals surface area contributed by atoms with E-state index in [0.717, 1.165) is 37.9 Å². The number of aryl methyl sites for hydroxylation is 1. The van der Waals surface area contributed by atoms with Gasteiger partial charge in [0.15, 0.2) is 0 Å². The van der Waals surface area contributed by atoms with Gasteiger partial charge in [-0.25, -0.2) is 0 Å². The Morgan fingerprint density at radius 3 is 2.57 bits per heavy atom. The van der Waals surface area contributed by atoms with Crippen LogP contribution in [0.1, 0.15) is 5.56 Å². The molecule has 110 valence electrons. The summed E-state index contributed by atoms with van der Waals surface area (Å²) < 4.78 is 0.889. The molecule has 1 aromatic carbocycles. The molecule has 0 aliphatic heterocycles. The molecular formula is C18H12AsN3S. The number of hydrogen-bond acceptors (Lipinski definition) is 4. The molecule has 3 nitrogen and oxygen atoms in total. The first kappa shape index (κ1) is 14.6. The van der Waals surface area contributed by atoms with Gasteiger partial charge in [-0.15, -0.1) is 0 Å². The van der Waals surface area contributed by atoms with E-state index in [0.29, 0.717) is 0 Å². The van der Waals surface area contributed by atoms with Gasteiger partial charge in [-0.05, 0) is 0 Å². The molecule has 23 heavy (non-hydrogen) atoms. The zero-order valence-electron chi connectivity index (χ0n) is 12.4. The van der Waals surface area contributed by atoms with E-state index in [4.69, 9.17) is 4.98 Å². The first-order valence-electron chi connectivity index (χ1n) is 7.17. The van der Waals surface area contributed by atoms with Gasteiger partial charge < -0.3 is 0 Å². The zero-order chi connectivity index (χ0) is 15.8. The van der Waals surface area contributed by atoms with Crippen LogP contribution in [0.25, 0.3) is 33.4 Å². The van der Waals surface area contributed by atoms with Crippen LogP contribution >= 0.6 is 11.3 Å². The van der Waals surface area contributed by atoms with Crippen molar-refractivity contribution in [3.8, 4) is 22.4 Å². The van der Waals surface area contributed by atoms with E-state index in [1.54, 1.807) is 17.7 Å². The average Bonchev–Trinajstić information content (AvgIpc) is 3.09. The van der Waals surface area contributed by atoms with Crippen LogP contribution in [0.4, 0.5) is 0 Å². The second-order valence-corrected chi connectivity index (χ2v) is 7.00. The van der Waals surface area contributed by atoms with Crippen molar-refractivity contribution in [3.63, 3.8) is 0 Å². The van der Waals surface area contributed by atoms with Crippen molar-refractivity contribution in [1.82, 2.24) is 15.0 Å². The van der Waals surface area contributed by atoms with Crippen LogP contribution in [0.3, 0.4) is 0 Å². The second-order valence-electron chi connectivity index (χ2n) is 5.33. The maximum atomic E-state index is 4.82. The Hall–Kier alpha value is -2.03. The summed E-state index contributed by atoms with van der Waals surface area (Å²) in [6.45, 7) is 2.09. The van der Waals surface area contributed by atoms with Gasteiger partial charge in [-0.3, -0.25) is 0 Å². The molecule has 3 heterocycles. The van der Waals surface area contributed by atoms with Crippen LogP contribution in [-0.2, 0) is 0 Å². The van der Waals surface area contributed by atoms with Crippen molar-refractivity contribution >= 4 is 43.7 Å². The molecule has 0 unspecified atom stereocenters. The predicted molar refractivity (Wildman–Crippen MR) is 96.2 cm³/mol. The van der Waals surface area contributed by atoms with E-state index >= 15 is 0 Å². The van der Waals surface area contributed by atoms with E-state index in [2.05, 4.69) is 80.9 Å². The van der Waals surface area contributed by atoms with E-state index in [1.807, 2.05) is 0 Å². The van der Waals surface area contributed by atoms with Crippen LogP contribution in [0.15, 0.2) is 53.5 Å². The summed E-state index contributed by atoms with van der Waals surface area (Å²) in [4.78, 5) is 13.4. The van der Waals surface area contributed by atoms with Crippen molar-refractivity contribution in [2.75, 3.05) is 0 Å². The summed E-state index contributed by atoms with van der Waals surface area (Å²) in [5.74, 6) is 0. The molecule has 0 bridgehead atoms. The number of hydrogen-bond donors (Lipinski definition) is 0. The van der Waals surface area contributed by atoms with E-state index in [9.17, 15) is 0 Å². The van der Waals surface area contributed by atoms with Gasteiger partial charge in [0, 0.05) is 0 Å². The van der Waals surface area contributed by atoms with Crippen molar-refractivity contribution in [1.29, 1.82) is 0 Å². The average molecular weight is 377 g/mol. The summed E-state index contributed by atoms with van der Waals surface area (Å²) in [6, 6.07) is 12.8. The SMILES string of the molecule is Cc1ccc(-c2cc3c([As])ncnc3nc2-c2ccsc2)cc1. The molecule has 0 aliphatic rings. The molecule has 0 fully saturated rings. The Morgan fingerprint density at radius 2 is 1.83 bits per heavy atom. The van der Waals surface area contributed by atoms with Gasteiger partial charge in [-0.1, -0.05) is 0 Å². The standard InChI is InChI=1S/C18H12AsN3S/c1-11-2-4-12(5-3-11)14-8-15-17(19)20-10-21-18(15)22-16(14)13-6-7-23-9-13/h2-10H,1H3. The minimum absolute atomic E-state index is 0.729. The fraction of sp³-hybridized carbons (Fsp3) is 0.0556. The van der Waals surface area contributed by atoms with Crippen LogP contribution in [-0.4, -0.2) is 31.8 Å². The molecule has 4 aromatic rings. The minimum atomic E-state index is 0.729. The van der Waals surface area contributed by atoms with E-state index < -0.39 is 0 Å². The normalized spacial score (nSPS) is 11.0. The predicted octanol–water partition coefficient (Wildman–Crippen LogP) is 3.52. The quantitative estimate of drug-likeness (QED) is 0.502. The number of pyridine rings is 1. The summed E-state index contributed by atoms with van der Waals surface area (Å²) in [5.41, 5.74) is 6.33. The molecule has 0 amide bonds. The van der Waals surface area contributed by atoms with Gasteiger partial charge in [0.05, 0.1) is 0 Å². The molecule has 0 N–H and O–H groups in total. The van der Waals surface area contributed by atoms with Gasteiger partial charge >= 0.3 is 147 Å². The molecule has 0 aliphatic carbocycles. The molecule has 5 heteroatoms. The van der Waals surface area contributed by atoms with E-state index in [-0.39, 0.29) is 0 Å². The monoisotopic (exact) mass is 377 g/mol. The molecular weight excluding hydrogens is 365 g/mol. The molecule has 2 radical (unpaired) electrons. The Balaban J connectivity index is 2.05. The van der Waals surface area contributed by atoms with Gasteiger partial charge in [0.2, 0.25) is 0 Å². The summed E-state index contributed by atoms with van der Waals surface area (Å²) >= 11 is 4.17. The van der Waals surface area contributed by atoms with Crippen molar-refractivity contribution < 1.29 is 0 Å². The van der Waals surface area contributed by atoms with Crippen LogP contribution in [0.5, 0.6) is 0 Å². The third kappa shape index (κ3) is 2.69. The van der Waals surface area contributed by atoms with Crippen LogP contribution in [0, 0.1) is 6.92 Å². The fourth-order valence-electron chi connectivity index (χ4n) is 2.55. The van der Waals surface area contributed by atoms with Gasteiger partial charge in [0.25, 0.3) is 0 Å². The summed E-state index contributed by atoms with van der Waals surface area (Å²) in [6.07, 6.45) is 1.56. The Kier molecular flexibility index (Phi) is 3.72.